The van der Waals surface area contributed by atoms with Gasteiger partial charge in [0, 0.05) is 51.9 Å². The first-order chi connectivity index (χ1) is 47.9. The second kappa shape index (κ2) is 42.8. The lowest BCUT2D eigenvalue weighted by molar-refractivity contribution is -0.148. The number of primary amides is 2. The number of amides is 14. The number of benzene rings is 1. The van der Waals surface area contributed by atoms with Gasteiger partial charge in [-0.3, -0.25) is 67.1 Å². The zero-order chi connectivity index (χ0) is 77.0. The van der Waals surface area contributed by atoms with E-state index >= 15 is 0 Å². The molecule has 16 atom stereocenters. The Morgan fingerprint density at radius 1 is 0.608 bits per heavy atom. The van der Waals surface area contributed by atoms with E-state index in [2.05, 4.69) is 52.8 Å². The molecule has 0 aliphatic carbocycles. The Labute approximate surface area is 596 Å². The van der Waals surface area contributed by atoms with Gasteiger partial charge in [0.05, 0.1) is 18.3 Å². The molecule has 33 nitrogen and oxygen atoms in total. The number of fused-ring (bicyclic) bond motifs is 1. The summed E-state index contributed by atoms with van der Waals surface area (Å²) in [5, 5.41) is 78.0. The molecule has 2 aliphatic heterocycles. The summed E-state index contributed by atoms with van der Waals surface area (Å²) < 4.78 is 0. The first kappa shape index (κ1) is 87.7. The van der Waals surface area contributed by atoms with Gasteiger partial charge in [-0.15, -0.1) is 0 Å². The van der Waals surface area contributed by atoms with Crippen LogP contribution in [0.25, 0.3) is 0 Å². The van der Waals surface area contributed by atoms with Crippen LogP contribution in [0.15, 0.2) is 35.3 Å². The van der Waals surface area contributed by atoms with Gasteiger partial charge < -0.3 is 94.7 Å². The number of carbonyl (C=O) groups excluding carboxylic acids is 14. The number of nitrogens with two attached hydrogens (primary N) is 2. The molecule has 0 aromatic heterocycles. The van der Waals surface area contributed by atoms with Gasteiger partial charge in [0.1, 0.15) is 66.1 Å². The number of carbonyl (C=O) groups is 14. The third kappa shape index (κ3) is 27.0. The Bertz CT molecular complexity index is 3080. The maximum absolute atomic E-state index is 14.8. The SMILES string of the molecule is CCCCCCCC1CC(=O)NC(C(C)C)C(=O)NC(C(O)C(C)C)C(=O)N=C(CCO)C(=O)NC(CC(C)C)C(=O)NC(CCC(N)=O)C(=O)N(C)C(C(C)CC)C(=O)NC(C(O)C(N)=O)C(=O)NC(C(C)O)C(=O)N2CCCC2C(=O)NC(Cc2ccccc2)C(=O)NC(C(C)O)C(=O)N1. The highest BCUT2D eigenvalue weighted by Gasteiger charge is 2.45. The number of nitrogens with zero attached hydrogens (tertiary/aromatic N) is 3. The number of hydrogen-bond donors (Lipinski definition) is 16. The fraction of sp³-hybridized carbons (Fsp3) is 0.696. The molecule has 14 amide bonds. The van der Waals surface area contributed by atoms with Gasteiger partial charge in [-0.1, -0.05) is 131 Å². The van der Waals surface area contributed by atoms with Gasteiger partial charge in [0.15, 0.2) is 6.10 Å². The summed E-state index contributed by atoms with van der Waals surface area (Å²) >= 11 is 0. The van der Waals surface area contributed by atoms with E-state index in [1.165, 1.54) is 27.7 Å². The van der Waals surface area contributed by atoms with Crippen LogP contribution >= 0.6 is 0 Å². The van der Waals surface area contributed by atoms with Gasteiger partial charge >= 0.3 is 0 Å². The first-order valence-corrected chi connectivity index (χ1v) is 35.3. The van der Waals surface area contributed by atoms with Crippen molar-refractivity contribution in [2.75, 3.05) is 20.2 Å². The van der Waals surface area contributed by atoms with Crippen molar-refractivity contribution in [1.82, 2.24) is 57.7 Å². The quantitative estimate of drug-likeness (QED) is 0.0464. The summed E-state index contributed by atoms with van der Waals surface area (Å²) in [6, 6.07) is -9.99. The van der Waals surface area contributed by atoms with Crippen molar-refractivity contribution in [3.05, 3.63) is 35.9 Å². The monoisotopic (exact) mass is 1440 g/mol. The zero-order valence-electron chi connectivity index (χ0n) is 60.8. The highest BCUT2D eigenvalue weighted by Crippen LogP contribution is 2.23. The van der Waals surface area contributed by atoms with E-state index in [1.54, 1.807) is 65.0 Å². The molecule has 1 aromatic rings. The van der Waals surface area contributed by atoms with Crippen LogP contribution in [0.1, 0.15) is 172 Å². The highest BCUT2D eigenvalue weighted by atomic mass is 16.3. The molecule has 33 heteroatoms. The van der Waals surface area contributed by atoms with Crippen LogP contribution in [0.2, 0.25) is 0 Å². The molecular weight excluding hydrogens is 1330 g/mol. The fourth-order valence-electron chi connectivity index (χ4n) is 11.9. The number of likely N-dealkylation sites (N-methyl/N-ethyl adjacent to an activating group) is 1. The van der Waals surface area contributed by atoms with Crippen molar-refractivity contribution in [2.24, 2.45) is 40.1 Å². The minimum Gasteiger partial charge on any atom is -0.396 e. The van der Waals surface area contributed by atoms with Crippen molar-refractivity contribution in [3.63, 3.8) is 0 Å². The standard InChI is InChI=1S/C69H112N14O19/c1-13-15-16-17-21-25-42-34-49(88)77-50(36(5)6)63(96)80-53(56(89)37(7)8)65(98)73-43(29-31-84)59(92)75-45(32-35(3)4)60(93)74-44(27-28-48(70)87)68(101)82(12)55(38(9)14-2)67(100)81-54(57(90)58(71)91)66(99)79-52(40(11)86)69(102)83-30-22-26-47(83)62(95)76-46(33-41-23-19-18-20-24-41)61(94)78-51(39(10)85)64(97)72-42/h18-20,23-24,35-40,42,44-47,50-57,84-86,89-90H,13-17,21-22,25-34H2,1-12H3,(H2,70,87)(H2,71,91)(H,72,97)(H,74,93)(H,75,92)(H,76,95)(H,77,88)(H,78,94)(H,79,99)(H,80,96)(H,81,100). The Morgan fingerprint density at radius 2 is 1.18 bits per heavy atom. The van der Waals surface area contributed by atoms with Gasteiger partial charge in [0.2, 0.25) is 70.9 Å². The summed E-state index contributed by atoms with van der Waals surface area (Å²) in [5.41, 5.74) is 10.9. The average Bonchev–Trinajstić information content (AvgIpc) is 1.36. The Balaban J connectivity index is 2.36. The molecule has 572 valence electrons. The number of aliphatic imine (C=N–C) groups is 1. The summed E-state index contributed by atoms with van der Waals surface area (Å²) in [6.07, 6.45) is -5.99. The predicted molar refractivity (Wildman–Crippen MR) is 373 cm³/mol. The molecule has 1 fully saturated rings. The average molecular weight is 1440 g/mol. The zero-order valence-corrected chi connectivity index (χ0v) is 60.8. The van der Waals surface area contributed by atoms with Crippen molar-refractivity contribution >= 4 is 88.4 Å². The molecule has 1 aromatic carbocycles. The van der Waals surface area contributed by atoms with Gasteiger partial charge in [0.25, 0.3) is 11.8 Å². The topological polar surface area (TPSA) is 519 Å². The van der Waals surface area contributed by atoms with E-state index in [0.29, 0.717) is 18.4 Å². The summed E-state index contributed by atoms with van der Waals surface area (Å²) in [7, 11) is 1.13. The maximum atomic E-state index is 14.8. The number of unbranched alkanes of at least 4 members (excludes halogenated alkanes) is 4. The summed E-state index contributed by atoms with van der Waals surface area (Å²) in [4.78, 5) is 205. The smallest absolute Gasteiger partial charge is 0.271 e. The van der Waals surface area contributed by atoms with Crippen LogP contribution in [0.4, 0.5) is 0 Å². The molecule has 0 saturated carbocycles. The lowest BCUT2D eigenvalue weighted by Crippen LogP contribution is -2.65. The van der Waals surface area contributed by atoms with Crippen LogP contribution in [-0.4, -0.2) is 235 Å². The van der Waals surface area contributed by atoms with Crippen LogP contribution < -0.4 is 59.3 Å². The molecule has 1 saturated heterocycles. The summed E-state index contributed by atoms with van der Waals surface area (Å²) in [5.74, 6) is -18.2. The number of aliphatic hydroxyl groups is 5. The third-order valence-electron chi connectivity index (χ3n) is 18.0. The lowest BCUT2D eigenvalue weighted by Gasteiger charge is -2.36. The van der Waals surface area contributed by atoms with E-state index in [-0.39, 0.29) is 45.1 Å². The van der Waals surface area contributed by atoms with E-state index in [0.717, 1.165) is 43.0 Å². The minimum atomic E-state index is -2.56. The number of rotatable bonds is 24. The van der Waals surface area contributed by atoms with E-state index in [1.807, 2.05) is 6.92 Å². The fourth-order valence-corrected chi connectivity index (χ4v) is 11.9. The Hall–Kier alpha value is -8.53. The predicted octanol–water partition coefficient (Wildman–Crippen LogP) is -2.84. The molecular formula is C69H112N14O19. The number of aliphatic hydroxyl groups excluding tert-OH is 5. The lowest BCUT2D eigenvalue weighted by atomic mass is 9.95. The normalized spacial score (nSPS) is 26.2. The van der Waals surface area contributed by atoms with Crippen LogP contribution in [0, 0.1) is 23.7 Å². The molecule has 0 bridgehead atoms. The van der Waals surface area contributed by atoms with Crippen molar-refractivity contribution in [3.8, 4) is 0 Å². The Kier molecular flexibility index (Phi) is 36.8. The third-order valence-corrected chi connectivity index (χ3v) is 18.0. The molecule has 0 radical (unpaired) electrons. The van der Waals surface area contributed by atoms with Crippen LogP contribution in [0.3, 0.4) is 0 Å². The van der Waals surface area contributed by atoms with Crippen LogP contribution in [0.5, 0.6) is 0 Å². The number of hydrogen-bond acceptors (Lipinski definition) is 19. The molecule has 102 heavy (non-hydrogen) atoms. The molecule has 0 spiro atoms. The van der Waals surface area contributed by atoms with Crippen molar-refractivity contribution in [1.29, 1.82) is 0 Å². The van der Waals surface area contributed by atoms with E-state index < -0.39 is 235 Å². The largest absolute Gasteiger partial charge is 0.396 e. The van der Waals surface area contributed by atoms with Gasteiger partial charge in [-0.25, -0.2) is 4.99 Å². The second-order valence-electron chi connectivity index (χ2n) is 27.7. The molecule has 18 N–H and O–H groups in total. The molecule has 3 rings (SSSR count). The number of nitrogens with one attached hydrogen (secondary N) is 9. The maximum Gasteiger partial charge on any atom is 0.271 e. The Morgan fingerprint density at radius 3 is 1.74 bits per heavy atom. The van der Waals surface area contributed by atoms with Gasteiger partial charge in [-0.05, 0) is 75.2 Å². The van der Waals surface area contributed by atoms with Gasteiger partial charge in [-0.2, -0.15) is 0 Å². The second-order valence-corrected chi connectivity index (χ2v) is 27.7. The van der Waals surface area contributed by atoms with E-state index in [9.17, 15) is 92.7 Å². The summed E-state index contributed by atoms with van der Waals surface area (Å²) in [6.45, 7) is 16.0. The first-order valence-electron chi connectivity index (χ1n) is 35.3. The minimum absolute atomic E-state index is 0.0282. The van der Waals surface area contributed by atoms with Crippen molar-refractivity contribution in [2.45, 2.75) is 263 Å². The van der Waals surface area contributed by atoms with Crippen molar-refractivity contribution < 1.29 is 92.7 Å². The molecule has 2 aliphatic rings. The van der Waals surface area contributed by atoms with Crippen LogP contribution in [-0.2, 0) is 73.5 Å². The molecule has 2 heterocycles. The van der Waals surface area contributed by atoms with E-state index in [4.69, 9.17) is 11.5 Å². The highest BCUT2D eigenvalue weighted by molar-refractivity contribution is 6.41. The molecule has 16 unspecified atom stereocenters.